The lowest BCUT2D eigenvalue weighted by molar-refractivity contribution is -0.136. The topological polar surface area (TPSA) is 88.5 Å². The van der Waals surface area contributed by atoms with Crippen molar-refractivity contribution in [3.63, 3.8) is 0 Å². The van der Waals surface area contributed by atoms with Crippen molar-refractivity contribution >= 4 is 52.4 Å². The zero-order valence-corrected chi connectivity index (χ0v) is 16.9. The number of nitrogens with zero attached hydrogens (tertiary/aromatic N) is 1. The summed E-state index contributed by atoms with van der Waals surface area (Å²) in [7, 11) is 0. The third-order valence-electron chi connectivity index (χ3n) is 3.75. The zero-order valence-electron chi connectivity index (χ0n) is 14.7. The van der Waals surface area contributed by atoms with Crippen LogP contribution in [0.5, 0.6) is 11.5 Å². The first-order valence-electron chi connectivity index (χ1n) is 8.22. The van der Waals surface area contributed by atoms with Gasteiger partial charge in [0.05, 0.1) is 22.0 Å². The Hall–Kier alpha value is -2.80. The van der Waals surface area contributed by atoms with Crippen LogP contribution in [-0.4, -0.2) is 22.0 Å². The van der Waals surface area contributed by atoms with Gasteiger partial charge in [-0.05, 0) is 48.0 Å². The monoisotopic (exact) mass is 450 g/mol. The summed E-state index contributed by atoms with van der Waals surface area (Å²) in [6.45, 7) is 0. The molecule has 0 unspecified atom stereocenters. The minimum absolute atomic E-state index is 0.122. The number of hydrogen-bond donors (Lipinski definition) is 2. The lowest BCUT2D eigenvalue weighted by atomic mass is 10.1. The van der Waals surface area contributed by atoms with Gasteiger partial charge in [0, 0.05) is 11.9 Å². The highest BCUT2D eigenvalue weighted by molar-refractivity contribution is 6.41. The Morgan fingerprint density at radius 2 is 1.72 bits per heavy atom. The summed E-state index contributed by atoms with van der Waals surface area (Å²) >= 11 is 17.8. The molecule has 2 aromatic carbocycles. The largest absolute Gasteiger partial charge is 0.481 e. The van der Waals surface area contributed by atoms with Crippen molar-refractivity contribution in [3.05, 3.63) is 81.1 Å². The number of pyridine rings is 1. The van der Waals surface area contributed by atoms with Crippen LogP contribution in [0.25, 0.3) is 0 Å². The molecule has 0 atom stereocenters. The van der Waals surface area contributed by atoms with Crippen LogP contribution in [0, 0.1) is 0 Å². The minimum Gasteiger partial charge on any atom is -0.481 e. The SMILES string of the molecule is O=C(O)Cc1ccc(Oc2ccc(NC(=O)c3cnc(Cl)c(Cl)c3)cc2)c(Cl)c1. The second-order valence-corrected chi connectivity index (χ2v) is 7.08. The molecule has 0 saturated carbocycles. The highest BCUT2D eigenvalue weighted by Crippen LogP contribution is 2.31. The molecule has 0 fully saturated rings. The predicted octanol–water partition coefficient (Wildman–Crippen LogP) is 5.71. The van der Waals surface area contributed by atoms with Gasteiger partial charge in [0.1, 0.15) is 16.7 Å². The van der Waals surface area contributed by atoms with Crippen LogP contribution >= 0.6 is 34.8 Å². The summed E-state index contributed by atoms with van der Waals surface area (Å²) in [5.74, 6) is -0.447. The molecule has 6 nitrogen and oxygen atoms in total. The highest BCUT2D eigenvalue weighted by Gasteiger charge is 2.11. The standard InChI is InChI=1S/C20H13Cl3N2O4/c21-15-7-11(8-18(26)27)1-6-17(15)29-14-4-2-13(3-5-14)25-20(28)12-9-16(22)19(23)24-10-12/h1-7,9-10H,8H2,(H,25,28)(H,26,27). The maximum Gasteiger partial charge on any atom is 0.307 e. The number of carboxylic acid groups (broad SMARTS) is 1. The van der Waals surface area contributed by atoms with E-state index in [-0.39, 0.29) is 28.1 Å². The third-order valence-corrected chi connectivity index (χ3v) is 4.73. The second kappa shape index (κ2) is 9.13. The quantitative estimate of drug-likeness (QED) is 0.468. The van der Waals surface area contributed by atoms with Crippen molar-refractivity contribution in [1.82, 2.24) is 4.98 Å². The summed E-state index contributed by atoms with van der Waals surface area (Å²) in [5, 5.41) is 12.2. The maximum atomic E-state index is 12.3. The number of halogens is 3. The van der Waals surface area contributed by atoms with Gasteiger partial charge in [-0.3, -0.25) is 9.59 Å². The molecule has 0 radical (unpaired) electrons. The fourth-order valence-corrected chi connectivity index (χ4v) is 2.91. The lowest BCUT2D eigenvalue weighted by Crippen LogP contribution is -2.12. The molecule has 0 aliphatic carbocycles. The molecule has 148 valence electrons. The fraction of sp³-hybridized carbons (Fsp3) is 0.0500. The Morgan fingerprint density at radius 1 is 1.00 bits per heavy atom. The van der Waals surface area contributed by atoms with Crippen LogP contribution in [0.4, 0.5) is 5.69 Å². The van der Waals surface area contributed by atoms with Gasteiger partial charge in [-0.25, -0.2) is 4.98 Å². The highest BCUT2D eigenvalue weighted by atomic mass is 35.5. The summed E-state index contributed by atoms with van der Waals surface area (Å²) in [6.07, 6.45) is 1.21. The molecule has 2 N–H and O–H groups in total. The minimum atomic E-state index is -0.941. The van der Waals surface area contributed by atoms with E-state index < -0.39 is 5.97 Å². The number of carboxylic acids is 1. The number of anilines is 1. The molecule has 0 spiro atoms. The van der Waals surface area contributed by atoms with Gasteiger partial charge >= 0.3 is 5.97 Å². The van der Waals surface area contributed by atoms with E-state index in [1.165, 1.54) is 12.3 Å². The zero-order chi connectivity index (χ0) is 21.0. The number of carbonyl (C=O) groups excluding carboxylic acids is 1. The first kappa shape index (κ1) is 20.9. The van der Waals surface area contributed by atoms with E-state index in [4.69, 9.17) is 44.6 Å². The molecular formula is C20H13Cl3N2O4. The summed E-state index contributed by atoms with van der Waals surface area (Å²) < 4.78 is 5.71. The molecule has 29 heavy (non-hydrogen) atoms. The normalized spacial score (nSPS) is 10.4. The number of hydrogen-bond acceptors (Lipinski definition) is 4. The predicted molar refractivity (Wildman–Crippen MR) is 112 cm³/mol. The Morgan fingerprint density at radius 3 is 2.34 bits per heavy atom. The Kier molecular flexibility index (Phi) is 6.59. The summed E-state index contributed by atoms with van der Waals surface area (Å²) in [5.41, 5.74) is 1.38. The van der Waals surface area contributed by atoms with Crippen molar-refractivity contribution in [2.45, 2.75) is 6.42 Å². The number of rotatable bonds is 6. The van der Waals surface area contributed by atoms with Gasteiger partial charge in [0.15, 0.2) is 0 Å². The molecule has 1 aromatic heterocycles. The van der Waals surface area contributed by atoms with Gasteiger partial charge in [0.2, 0.25) is 0 Å². The summed E-state index contributed by atoms with van der Waals surface area (Å²) in [4.78, 5) is 26.9. The average Bonchev–Trinajstić information content (AvgIpc) is 2.67. The smallest absolute Gasteiger partial charge is 0.307 e. The van der Waals surface area contributed by atoms with Crippen LogP contribution in [0.1, 0.15) is 15.9 Å². The number of aliphatic carboxylic acids is 1. The van der Waals surface area contributed by atoms with Gasteiger partial charge in [-0.1, -0.05) is 40.9 Å². The van der Waals surface area contributed by atoms with Gasteiger partial charge < -0.3 is 15.2 Å². The van der Waals surface area contributed by atoms with Gasteiger partial charge in [-0.15, -0.1) is 0 Å². The molecule has 9 heteroatoms. The van der Waals surface area contributed by atoms with Crippen molar-refractivity contribution in [3.8, 4) is 11.5 Å². The van der Waals surface area contributed by atoms with E-state index in [9.17, 15) is 9.59 Å². The molecule has 1 amide bonds. The van der Waals surface area contributed by atoms with Crippen molar-refractivity contribution in [2.75, 3.05) is 5.32 Å². The second-order valence-electron chi connectivity index (χ2n) is 5.91. The van der Waals surface area contributed by atoms with E-state index in [2.05, 4.69) is 10.3 Å². The molecule has 1 heterocycles. The number of nitrogens with one attached hydrogen (secondary N) is 1. The first-order valence-corrected chi connectivity index (χ1v) is 9.36. The van der Waals surface area contributed by atoms with E-state index in [1.54, 1.807) is 42.5 Å². The van der Waals surface area contributed by atoms with Crippen molar-refractivity contribution < 1.29 is 19.4 Å². The van der Waals surface area contributed by atoms with Crippen molar-refractivity contribution in [1.29, 1.82) is 0 Å². The fourth-order valence-electron chi connectivity index (χ4n) is 2.39. The van der Waals surface area contributed by atoms with Gasteiger partial charge in [0.25, 0.3) is 5.91 Å². The first-order chi connectivity index (χ1) is 13.8. The van der Waals surface area contributed by atoms with Crippen LogP contribution in [-0.2, 0) is 11.2 Å². The van der Waals surface area contributed by atoms with Crippen LogP contribution in [0.15, 0.2) is 54.7 Å². The molecule has 3 rings (SSSR count). The third kappa shape index (κ3) is 5.60. The van der Waals surface area contributed by atoms with E-state index in [0.717, 1.165) is 0 Å². The lowest BCUT2D eigenvalue weighted by Gasteiger charge is -2.10. The number of ether oxygens (including phenoxy) is 1. The van der Waals surface area contributed by atoms with Crippen LogP contribution in [0.3, 0.4) is 0 Å². The average molecular weight is 452 g/mol. The molecule has 0 aliphatic rings. The molecule has 3 aromatic rings. The van der Waals surface area contributed by atoms with E-state index >= 15 is 0 Å². The number of aromatic nitrogens is 1. The van der Waals surface area contributed by atoms with Gasteiger partial charge in [-0.2, -0.15) is 0 Å². The molecule has 0 saturated heterocycles. The molecule has 0 bridgehead atoms. The molecule has 0 aliphatic heterocycles. The number of benzene rings is 2. The Bertz CT molecular complexity index is 1070. The Labute approximate surface area is 181 Å². The van der Waals surface area contributed by atoms with Crippen LogP contribution in [0.2, 0.25) is 15.2 Å². The van der Waals surface area contributed by atoms with E-state index in [0.29, 0.717) is 27.8 Å². The maximum absolute atomic E-state index is 12.3. The molecular weight excluding hydrogens is 439 g/mol. The van der Waals surface area contributed by atoms with Crippen molar-refractivity contribution in [2.24, 2.45) is 0 Å². The number of carbonyl (C=O) groups is 2. The van der Waals surface area contributed by atoms with E-state index in [1.807, 2.05) is 0 Å². The Balaban J connectivity index is 1.66. The van der Waals surface area contributed by atoms with Crippen LogP contribution < -0.4 is 10.1 Å². The number of amides is 1. The summed E-state index contributed by atoms with van der Waals surface area (Å²) in [6, 6.07) is 12.8.